The Morgan fingerprint density at radius 3 is 2.33 bits per heavy atom. The summed E-state index contributed by atoms with van der Waals surface area (Å²) in [7, 11) is 0. The van der Waals surface area contributed by atoms with E-state index in [9.17, 15) is 9.90 Å². The normalized spacial score (nSPS) is 27.4. The van der Waals surface area contributed by atoms with Crippen LogP contribution in [-0.4, -0.2) is 33.1 Å². The molecule has 0 aromatic heterocycles. The van der Waals surface area contributed by atoms with Crippen LogP contribution in [0.1, 0.15) is 46.6 Å². The maximum atomic E-state index is 12.2. The molecule has 1 aliphatic rings. The number of carbonyl (C=O) groups excluding carboxylic acids is 1. The number of rotatable bonds is 2. The van der Waals surface area contributed by atoms with Crippen LogP contribution in [0.2, 0.25) is 0 Å². The van der Waals surface area contributed by atoms with Crippen molar-refractivity contribution in [1.82, 2.24) is 4.90 Å². The average molecular weight is 289 g/mol. The van der Waals surface area contributed by atoms with Crippen molar-refractivity contribution in [3.63, 3.8) is 0 Å². The highest BCUT2D eigenvalue weighted by Gasteiger charge is 2.52. The third-order valence-electron chi connectivity index (χ3n) is 4.88. The SMILES string of the molecule is CC(=O)N1C(C)(C)CC(O)C(Cc2ccccc2)C1(C)C. The number of nitrogens with zero attached hydrogens (tertiary/aromatic N) is 1. The van der Waals surface area contributed by atoms with Crippen molar-refractivity contribution < 1.29 is 9.90 Å². The minimum absolute atomic E-state index is 0.0387. The number of hydrogen-bond acceptors (Lipinski definition) is 2. The van der Waals surface area contributed by atoms with Crippen LogP contribution in [-0.2, 0) is 11.2 Å². The summed E-state index contributed by atoms with van der Waals surface area (Å²) in [5.74, 6) is 0.117. The Hall–Kier alpha value is -1.35. The first-order valence-corrected chi connectivity index (χ1v) is 7.69. The fraction of sp³-hybridized carbons (Fsp3) is 0.611. The number of aliphatic hydroxyl groups excluding tert-OH is 1. The number of piperidine rings is 1. The quantitative estimate of drug-likeness (QED) is 0.909. The second-order valence-electron chi connectivity index (χ2n) is 7.39. The van der Waals surface area contributed by atoms with E-state index in [0.29, 0.717) is 6.42 Å². The third-order valence-corrected chi connectivity index (χ3v) is 4.88. The molecule has 0 aliphatic carbocycles. The summed E-state index contributed by atoms with van der Waals surface area (Å²) >= 11 is 0. The molecule has 2 unspecified atom stereocenters. The van der Waals surface area contributed by atoms with Crippen LogP contribution in [0.3, 0.4) is 0 Å². The third kappa shape index (κ3) is 2.98. The molecule has 21 heavy (non-hydrogen) atoms. The van der Waals surface area contributed by atoms with Gasteiger partial charge in [-0.15, -0.1) is 0 Å². The van der Waals surface area contributed by atoms with E-state index in [4.69, 9.17) is 0 Å². The van der Waals surface area contributed by atoms with Crippen LogP contribution in [0, 0.1) is 5.92 Å². The first-order valence-electron chi connectivity index (χ1n) is 7.69. The summed E-state index contributed by atoms with van der Waals surface area (Å²) in [6, 6.07) is 10.2. The van der Waals surface area contributed by atoms with E-state index in [-0.39, 0.29) is 22.9 Å². The van der Waals surface area contributed by atoms with Crippen LogP contribution < -0.4 is 0 Å². The summed E-state index contributed by atoms with van der Waals surface area (Å²) in [6.07, 6.45) is 1.01. The van der Waals surface area contributed by atoms with Gasteiger partial charge in [-0.05, 0) is 46.1 Å². The molecule has 1 aromatic rings. The molecule has 1 aliphatic heterocycles. The highest BCUT2D eigenvalue weighted by molar-refractivity contribution is 5.75. The van der Waals surface area contributed by atoms with E-state index in [2.05, 4.69) is 26.0 Å². The number of benzene rings is 1. The molecule has 116 valence electrons. The maximum absolute atomic E-state index is 12.2. The summed E-state index contributed by atoms with van der Waals surface area (Å²) < 4.78 is 0. The number of likely N-dealkylation sites (tertiary alicyclic amines) is 1. The van der Waals surface area contributed by atoms with Crippen LogP contribution >= 0.6 is 0 Å². The van der Waals surface area contributed by atoms with Crippen molar-refractivity contribution in [2.45, 2.75) is 64.6 Å². The van der Waals surface area contributed by atoms with Gasteiger partial charge in [0.05, 0.1) is 6.10 Å². The predicted molar refractivity (Wildman–Crippen MR) is 84.9 cm³/mol. The zero-order valence-electron chi connectivity index (χ0n) is 13.8. The van der Waals surface area contributed by atoms with Crippen molar-refractivity contribution in [1.29, 1.82) is 0 Å². The summed E-state index contributed by atoms with van der Waals surface area (Å²) in [4.78, 5) is 14.1. The molecule has 1 amide bonds. The van der Waals surface area contributed by atoms with Gasteiger partial charge in [0.25, 0.3) is 0 Å². The maximum Gasteiger partial charge on any atom is 0.220 e. The molecule has 0 saturated carbocycles. The Kier molecular flexibility index (Phi) is 4.16. The van der Waals surface area contributed by atoms with Gasteiger partial charge >= 0.3 is 0 Å². The Morgan fingerprint density at radius 2 is 1.81 bits per heavy atom. The van der Waals surface area contributed by atoms with Gasteiger partial charge in [0.2, 0.25) is 5.91 Å². The minimum Gasteiger partial charge on any atom is -0.393 e. The van der Waals surface area contributed by atoms with E-state index in [1.54, 1.807) is 6.92 Å². The van der Waals surface area contributed by atoms with Crippen molar-refractivity contribution in [2.24, 2.45) is 5.92 Å². The Balaban J connectivity index is 2.34. The zero-order valence-corrected chi connectivity index (χ0v) is 13.8. The van der Waals surface area contributed by atoms with Gasteiger partial charge in [-0.2, -0.15) is 0 Å². The summed E-state index contributed by atoms with van der Waals surface area (Å²) in [5.41, 5.74) is 0.517. The zero-order chi connectivity index (χ0) is 15.8. The standard InChI is InChI=1S/C18H27NO2/c1-13(20)19-17(2,3)12-16(21)15(18(19,4)5)11-14-9-7-6-8-10-14/h6-10,15-16,21H,11-12H2,1-5H3. The van der Waals surface area contributed by atoms with Gasteiger partial charge in [0.1, 0.15) is 0 Å². The Morgan fingerprint density at radius 1 is 1.24 bits per heavy atom. The highest BCUT2D eigenvalue weighted by Crippen LogP contribution is 2.43. The average Bonchev–Trinajstić information content (AvgIpc) is 2.33. The lowest BCUT2D eigenvalue weighted by molar-refractivity contribution is -0.163. The van der Waals surface area contributed by atoms with Crippen molar-refractivity contribution in [3.05, 3.63) is 35.9 Å². The number of carbonyl (C=O) groups is 1. The number of amides is 1. The van der Waals surface area contributed by atoms with Gasteiger partial charge < -0.3 is 10.0 Å². The van der Waals surface area contributed by atoms with Gasteiger partial charge in [-0.1, -0.05) is 30.3 Å². The van der Waals surface area contributed by atoms with Crippen molar-refractivity contribution in [3.8, 4) is 0 Å². The molecule has 0 radical (unpaired) electrons. The molecule has 0 spiro atoms. The van der Waals surface area contributed by atoms with Crippen LogP contribution in [0.4, 0.5) is 0 Å². The molecule has 2 atom stereocenters. The second-order valence-corrected chi connectivity index (χ2v) is 7.39. The lowest BCUT2D eigenvalue weighted by atomic mass is 9.68. The Labute approximate surface area is 128 Å². The lowest BCUT2D eigenvalue weighted by Gasteiger charge is -2.58. The first kappa shape index (κ1) is 16.0. The van der Waals surface area contributed by atoms with E-state index in [0.717, 1.165) is 6.42 Å². The molecular weight excluding hydrogens is 262 g/mol. The van der Waals surface area contributed by atoms with Crippen LogP contribution in [0.15, 0.2) is 30.3 Å². The number of hydrogen-bond donors (Lipinski definition) is 1. The fourth-order valence-corrected chi connectivity index (χ4v) is 4.25. The fourth-order valence-electron chi connectivity index (χ4n) is 4.25. The monoisotopic (exact) mass is 289 g/mol. The first-order chi connectivity index (χ1) is 9.66. The summed E-state index contributed by atoms with van der Waals surface area (Å²) in [5, 5.41) is 10.7. The van der Waals surface area contributed by atoms with E-state index < -0.39 is 6.10 Å². The minimum atomic E-state index is -0.397. The molecule has 1 saturated heterocycles. The molecule has 3 nitrogen and oxygen atoms in total. The van der Waals surface area contributed by atoms with Gasteiger partial charge in [0, 0.05) is 23.9 Å². The number of aliphatic hydroxyl groups is 1. The molecule has 1 aromatic carbocycles. The van der Waals surface area contributed by atoms with E-state index in [1.165, 1.54) is 5.56 Å². The molecule has 1 N–H and O–H groups in total. The van der Waals surface area contributed by atoms with Crippen molar-refractivity contribution >= 4 is 5.91 Å². The summed E-state index contributed by atoms with van der Waals surface area (Å²) in [6.45, 7) is 9.86. The smallest absolute Gasteiger partial charge is 0.220 e. The van der Waals surface area contributed by atoms with Gasteiger partial charge in [-0.3, -0.25) is 4.79 Å². The molecule has 3 heteroatoms. The van der Waals surface area contributed by atoms with Gasteiger partial charge in [-0.25, -0.2) is 0 Å². The highest BCUT2D eigenvalue weighted by atomic mass is 16.3. The van der Waals surface area contributed by atoms with Crippen LogP contribution in [0.25, 0.3) is 0 Å². The van der Waals surface area contributed by atoms with Crippen molar-refractivity contribution in [2.75, 3.05) is 0 Å². The Bertz CT molecular complexity index is 507. The van der Waals surface area contributed by atoms with Crippen LogP contribution in [0.5, 0.6) is 0 Å². The van der Waals surface area contributed by atoms with E-state index in [1.807, 2.05) is 36.9 Å². The largest absolute Gasteiger partial charge is 0.393 e. The lowest BCUT2D eigenvalue weighted by Crippen LogP contribution is -2.68. The molecule has 1 heterocycles. The topological polar surface area (TPSA) is 40.5 Å². The molecular formula is C18H27NO2. The second kappa shape index (κ2) is 5.45. The molecule has 0 bridgehead atoms. The van der Waals surface area contributed by atoms with Gasteiger partial charge in [0.15, 0.2) is 0 Å². The molecule has 2 rings (SSSR count). The molecule has 1 fully saturated rings. The van der Waals surface area contributed by atoms with E-state index >= 15 is 0 Å². The predicted octanol–water partition coefficient (Wildman–Crippen LogP) is 3.02.